The van der Waals surface area contributed by atoms with Crippen molar-refractivity contribution in [1.82, 2.24) is 14.4 Å². The first-order valence-electron chi connectivity index (χ1n) is 7.79. The second-order valence-corrected chi connectivity index (χ2v) is 8.23. The molecule has 4 aromatic heterocycles. The first-order valence-corrected chi connectivity index (χ1v) is 9.49. The van der Waals surface area contributed by atoms with Gasteiger partial charge < -0.3 is 4.40 Å². The Labute approximate surface area is 153 Å². The highest BCUT2D eigenvalue weighted by atomic mass is 32.1. The second-order valence-electron chi connectivity index (χ2n) is 5.91. The van der Waals surface area contributed by atoms with Crippen molar-refractivity contribution >= 4 is 39.4 Å². The number of aryl methyl sites for hydroxylation is 3. The smallest absolute Gasteiger partial charge is 0.277 e. The topological polar surface area (TPSA) is 59.3 Å². The molecule has 5 nitrogen and oxygen atoms in total. The van der Waals surface area contributed by atoms with Gasteiger partial charge in [-0.3, -0.25) is 10.1 Å². The summed E-state index contributed by atoms with van der Waals surface area (Å²) in [5.41, 5.74) is 4.27. The van der Waals surface area contributed by atoms with Crippen molar-refractivity contribution in [2.24, 2.45) is 0 Å². The normalized spacial score (nSPS) is 11.2. The molecule has 4 heterocycles. The molecular weight excluding hydrogens is 352 g/mol. The maximum absolute atomic E-state index is 12.5. The molecule has 0 aromatic carbocycles. The molecule has 0 aliphatic rings. The third-order valence-electron chi connectivity index (χ3n) is 3.89. The van der Waals surface area contributed by atoms with Crippen LogP contribution < -0.4 is 5.32 Å². The van der Waals surface area contributed by atoms with Gasteiger partial charge in [0.05, 0.1) is 5.69 Å². The molecule has 1 N–H and O–H groups in total. The van der Waals surface area contributed by atoms with Crippen LogP contribution in [0.1, 0.15) is 25.8 Å². The van der Waals surface area contributed by atoms with Crippen LogP contribution in [0.4, 0.5) is 5.13 Å². The molecule has 4 aromatic rings. The molecule has 0 unspecified atom stereocenters. The molecule has 1 amide bonds. The summed E-state index contributed by atoms with van der Waals surface area (Å²) in [5.74, 6) is -0.250. The summed E-state index contributed by atoms with van der Waals surface area (Å²) < 4.78 is 1.84. The van der Waals surface area contributed by atoms with Gasteiger partial charge in [-0.25, -0.2) is 9.97 Å². The minimum Gasteiger partial charge on any atom is -0.306 e. The Bertz CT molecular complexity index is 1090. The molecule has 0 saturated heterocycles. The van der Waals surface area contributed by atoms with E-state index in [0.717, 1.165) is 22.5 Å². The number of imidazole rings is 1. The van der Waals surface area contributed by atoms with E-state index < -0.39 is 0 Å². The molecule has 0 aliphatic heterocycles. The fourth-order valence-electron chi connectivity index (χ4n) is 2.69. The number of nitrogens with one attached hydrogen (secondary N) is 1. The van der Waals surface area contributed by atoms with Gasteiger partial charge >= 0.3 is 0 Å². The Hall–Kier alpha value is -2.51. The SMILES string of the molecule is Cc1ccn2cc(C(=O)Nc3nc(-c4cc(C)sc4C)cs3)nc2c1. The van der Waals surface area contributed by atoms with E-state index in [0.29, 0.717) is 10.8 Å². The number of rotatable bonds is 3. The number of nitrogens with zero attached hydrogens (tertiary/aromatic N) is 3. The first kappa shape index (κ1) is 16.0. The van der Waals surface area contributed by atoms with E-state index in [9.17, 15) is 4.79 Å². The number of fused-ring (bicyclic) bond motifs is 1. The zero-order chi connectivity index (χ0) is 17.6. The zero-order valence-corrected chi connectivity index (χ0v) is 15.7. The maximum Gasteiger partial charge on any atom is 0.277 e. The molecule has 0 bridgehead atoms. The Morgan fingerprint density at radius 3 is 2.80 bits per heavy atom. The lowest BCUT2D eigenvalue weighted by atomic mass is 10.2. The fraction of sp³-hybridized carbons (Fsp3) is 0.167. The number of aromatic nitrogens is 3. The minimum atomic E-state index is -0.250. The van der Waals surface area contributed by atoms with E-state index in [1.54, 1.807) is 17.5 Å². The summed E-state index contributed by atoms with van der Waals surface area (Å²) in [4.78, 5) is 23.9. The van der Waals surface area contributed by atoms with Crippen LogP contribution in [0.2, 0.25) is 0 Å². The number of amides is 1. The predicted molar refractivity (Wildman–Crippen MR) is 103 cm³/mol. The number of anilines is 1. The van der Waals surface area contributed by atoms with Gasteiger partial charge in [0, 0.05) is 33.1 Å². The molecule has 0 spiro atoms. The lowest BCUT2D eigenvalue weighted by molar-refractivity contribution is 0.102. The molecule has 0 saturated carbocycles. The summed E-state index contributed by atoms with van der Waals surface area (Å²) in [6.45, 7) is 6.17. The highest BCUT2D eigenvalue weighted by Gasteiger charge is 2.15. The maximum atomic E-state index is 12.5. The predicted octanol–water partition coefficient (Wildman–Crippen LogP) is 4.70. The summed E-state index contributed by atoms with van der Waals surface area (Å²) in [6.07, 6.45) is 3.63. The number of carbonyl (C=O) groups excluding carboxylic acids is 1. The Balaban J connectivity index is 1.57. The van der Waals surface area contributed by atoms with Gasteiger partial charge in [-0.2, -0.15) is 0 Å². The van der Waals surface area contributed by atoms with Gasteiger partial charge in [0.1, 0.15) is 11.3 Å². The third-order valence-corrected chi connectivity index (χ3v) is 5.61. The van der Waals surface area contributed by atoms with E-state index in [-0.39, 0.29) is 5.91 Å². The number of carbonyl (C=O) groups is 1. The van der Waals surface area contributed by atoms with Gasteiger partial charge in [0.25, 0.3) is 5.91 Å². The highest BCUT2D eigenvalue weighted by Crippen LogP contribution is 2.32. The van der Waals surface area contributed by atoms with Crippen LogP contribution in [0, 0.1) is 20.8 Å². The van der Waals surface area contributed by atoms with Gasteiger partial charge in [-0.1, -0.05) is 0 Å². The van der Waals surface area contributed by atoms with Crippen molar-refractivity contribution < 1.29 is 4.79 Å². The number of hydrogen-bond acceptors (Lipinski definition) is 5. The highest BCUT2D eigenvalue weighted by molar-refractivity contribution is 7.14. The molecule has 4 rings (SSSR count). The monoisotopic (exact) mass is 368 g/mol. The Kier molecular flexibility index (Phi) is 3.89. The summed E-state index contributed by atoms with van der Waals surface area (Å²) >= 11 is 3.17. The van der Waals surface area contributed by atoms with Crippen LogP contribution in [0.25, 0.3) is 16.9 Å². The standard InChI is InChI=1S/C18H16N4OS2/c1-10-4-5-22-8-14(19-16(22)6-10)17(23)21-18-20-15(9-24-18)13-7-11(2)25-12(13)3/h4-9H,1-3H3,(H,20,21,23). The molecular formula is C18H16N4OS2. The minimum absolute atomic E-state index is 0.250. The lowest BCUT2D eigenvalue weighted by Gasteiger charge is -1.97. The summed E-state index contributed by atoms with van der Waals surface area (Å²) in [5, 5.41) is 5.40. The van der Waals surface area contributed by atoms with Crippen LogP contribution in [0.15, 0.2) is 36.0 Å². The number of hydrogen-bond donors (Lipinski definition) is 1. The van der Waals surface area contributed by atoms with Crippen molar-refractivity contribution in [3.8, 4) is 11.3 Å². The molecule has 25 heavy (non-hydrogen) atoms. The lowest BCUT2D eigenvalue weighted by Crippen LogP contribution is -2.12. The largest absolute Gasteiger partial charge is 0.306 e. The van der Waals surface area contributed by atoms with Gasteiger partial charge in [0.15, 0.2) is 5.13 Å². The van der Waals surface area contributed by atoms with E-state index in [1.807, 2.05) is 35.0 Å². The number of thiazole rings is 1. The van der Waals surface area contributed by atoms with E-state index in [4.69, 9.17) is 0 Å². The molecule has 7 heteroatoms. The average Bonchev–Trinajstić information content (AvgIpc) is 3.25. The molecule has 0 fully saturated rings. The molecule has 126 valence electrons. The second kappa shape index (κ2) is 6.09. The van der Waals surface area contributed by atoms with Crippen LogP contribution in [-0.4, -0.2) is 20.3 Å². The summed E-state index contributed by atoms with van der Waals surface area (Å²) in [6, 6.07) is 6.06. The molecule has 0 aliphatic carbocycles. The van der Waals surface area contributed by atoms with Crippen molar-refractivity contribution in [3.05, 3.63) is 57.0 Å². The Morgan fingerprint density at radius 1 is 1.20 bits per heavy atom. The third kappa shape index (κ3) is 3.08. The van der Waals surface area contributed by atoms with E-state index in [2.05, 4.69) is 35.2 Å². The van der Waals surface area contributed by atoms with E-state index in [1.165, 1.54) is 21.1 Å². The fourth-order valence-corrected chi connectivity index (χ4v) is 4.33. The van der Waals surface area contributed by atoms with Crippen LogP contribution in [0.5, 0.6) is 0 Å². The summed E-state index contributed by atoms with van der Waals surface area (Å²) in [7, 11) is 0. The number of pyridine rings is 1. The van der Waals surface area contributed by atoms with Gasteiger partial charge in [0.2, 0.25) is 0 Å². The van der Waals surface area contributed by atoms with Crippen molar-refractivity contribution in [2.45, 2.75) is 20.8 Å². The van der Waals surface area contributed by atoms with Crippen molar-refractivity contribution in [3.63, 3.8) is 0 Å². The van der Waals surface area contributed by atoms with E-state index >= 15 is 0 Å². The first-order chi connectivity index (χ1) is 12.0. The Morgan fingerprint density at radius 2 is 2.04 bits per heavy atom. The van der Waals surface area contributed by atoms with Crippen molar-refractivity contribution in [1.29, 1.82) is 0 Å². The zero-order valence-electron chi connectivity index (χ0n) is 14.0. The van der Waals surface area contributed by atoms with Crippen LogP contribution in [0.3, 0.4) is 0 Å². The van der Waals surface area contributed by atoms with Crippen LogP contribution >= 0.6 is 22.7 Å². The molecule has 0 atom stereocenters. The van der Waals surface area contributed by atoms with Gasteiger partial charge in [-0.15, -0.1) is 22.7 Å². The van der Waals surface area contributed by atoms with Gasteiger partial charge in [-0.05, 0) is 44.5 Å². The number of thiophene rings is 1. The van der Waals surface area contributed by atoms with Crippen LogP contribution in [-0.2, 0) is 0 Å². The van der Waals surface area contributed by atoms with Crippen molar-refractivity contribution in [2.75, 3.05) is 5.32 Å². The average molecular weight is 368 g/mol. The molecule has 0 radical (unpaired) electrons. The quantitative estimate of drug-likeness (QED) is 0.570.